The van der Waals surface area contributed by atoms with Gasteiger partial charge in [-0.2, -0.15) is 0 Å². The van der Waals surface area contributed by atoms with E-state index in [-0.39, 0.29) is 37.1 Å². The maximum absolute atomic E-state index is 12.5. The normalized spacial score (nSPS) is 9.64. The second-order valence-corrected chi connectivity index (χ2v) is 109. The van der Waals surface area contributed by atoms with Crippen molar-refractivity contribution in [2.75, 3.05) is 0 Å². The van der Waals surface area contributed by atoms with Crippen LogP contribution in [0.25, 0.3) is 0 Å². The van der Waals surface area contributed by atoms with E-state index in [1.54, 1.807) is 0 Å². The van der Waals surface area contributed by atoms with Crippen LogP contribution in [0.1, 0.15) is 37.1 Å². The first-order valence-corrected chi connectivity index (χ1v) is 61.7. The van der Waals surface area contributed by atoms with E-state index in [2.05, 4.69) is 0 Å². The van der Waals surface area contributed by atoms with Crippen LogP contribution < -0.4 is 0 Å². The van der Waals surface area contributed by atoms with Crippen LogP contribution in [0, 0.1) is 0 Å². The van der Waals surface area contributed by atoms with Crippen molar-refractivity contribution in [2.45, 2.75) is 76.4 Å². The van der Waals surface area contributed by atoms with Crippen molar-refractivity contribution in [1.29, 1.82) is 0 Å². The SMILES string of the molecule is C.C.C.C.C.C[Si](C)(C)O[Si](=O)[Si](=O)[Si](=O)[Si](=O)[Si](=O)[Si](=O)[Si](=O)[Si](=O)[Si](=O)[Si](=O)[Si](=O)[Si](=O)[Si](=O)[Si](=O)[Si](=O)[Si](=O)[Si](=O)[Si](=O)[Si](C)(C)C. The zero-order valence-corrected chi connectivity index (χ0v) is 43.8. The van der Waals surface area contributed by atoms with Crippen LogP contribution in [-0.2, 0) is 84.4 Å². The van der Waals surface area contributed by atoms with Gasteiger partial charge in [-0.15, -0.1) is 0 Å². The molecule has 0 spiro atoms. The molecule has 39 heteroatoms. The largest absolute Gasteiger partial charge is 0.578 e. The summed E-state index contributed by atoms with van der Waals surface area (Å²) >= 11 is 0. The second kappa shape index (κ2) is 25.6. The Morgan fingerprint density at radius 1 is 0.280 bits per heavy atom. The molecule has 0 rings (SSSR count). The summed E-state index contributed by atoms with van der Waals surface area (Å²) in [6, 6.07) is 0. The highest BCUT2D eigenvalue weighted by atomic mass is 30.1. The van der Waals surface area contributed by atoms with E-state index < -0.39 is 156 Å². The molecule has 0 saturated carbocycles. The molecule has 276 valence electrons. The van der Waals surface area contributed by atoms with Crippen molar-refractivity contribution < 1.29 is 84.4 Å². The predicted molar refractivity (Wildman–Crippen MR) is 197 cm³/mol. The van der Waals surface area contributed by atoms with Gasteiger partial charge < -0.3 is 84.4 Å². The van der Waals surface area contributed by atoms with E-state index in [0.29, 0.717) is 0 Å². The third kappa shape index (κ3) is 17.3. The molecule has 0 fully saturated rings. The van der Waals surface area contributed by atoms with Gasteiger partial charge in [-0.05, 0) is 19.6 Å². The first kappa shape index (κ1) is 62.5. The third-order valence-corrected chi connectivity index (χ3v) is 152. The van der Waals surface area contributed by atoms with Crippen molar-refractivity contribution in [2.24, 2.45) is 0 Å². The minimum absolute atomic E-state index is 0. The number of hydrogen-bond acceptors (Lipinski definition) is 19. The minimum Gasteiger partial charge on any atom is -0.578 e. The Hall–Kier alpha value is 0.538. The molecule has 0 aromatic rings. The van der Waals surface area contributed by atoms with Gasteiger partial charge in [0.1, 0.15) is 7.59 Å². The van der Waals surface area contributed by atoms with Crippen molar-refractivity contribution >= 4 is 156 Å². The molecule has 0 saturated heterocycles. The predicted octanol–water partition coefficient (Wildman–Crippen LogP) is -3.14. The van der Waals surface area contributed by atoms with Crippen molar-refractivity contribution in [3.05, 3.63) is 0 Å². The monoisotopic (exact) mass is 1030 g/mol. The topological polar surface area (TPSA) is 316 Å². The summed E-state index contributed by atoms with van der Waals surface area (Å²) in [7, 11) is -77.7. The molecule has 0 N–H and O–H groups in total. The fourth-order valence-electron chi connectivity index (χ4n) is 2.30. The van der Waals surface area contributed by atoms with Gasteiger partial charge in [0.15, 0.2) is 0 Å². The molecule has 0 unspecified atom stereocenters. The summed E-state index contributed by atoms with van der Waals surface area (Å²) in [5.41, 5.74) is 0. The molecule has 0 aliphatic heterocycles. The number of rotatable bonds is 20. The lowest BCUT2D eigenvalue weighted by molar-refractivity contribution is 0.462. The van der Waals surface area contributed by atoms with Gasteiger partial charge in [0.25, 0.3) is 0 Å². The molecular weight excluding hydrogens is 998 g/mol. The molecule has 0 bridgehead atoms. The first-order valence-electron chi connectivity index (χ1n) is 11.6. The Bertz CT molecular complexity index is 1660. The Morgan fingerprint density at radius 3 is 0.600 bits per heavy atom. The highest BCUT2D eigenvalue weighted by Gasteiger charge is 2.56. The first-order chi connectivity index (χ1) is 20.1. The van der Waals surface area contributed by atoms with Crippen molar-refractivity contribution in [1.82, 2.24) is 0 Å². The summed E-state index contributed by atoms with van der Waals surface area (Å²) in [4.78, 5) is 0. The van der Waals surface area contributed by atoms with Gasteiger partial charge in [-0.1, -0.05) is 56.8 Å². The van der Waals surface area contributed by atoms with E-state index in [0.717, 1.165) is 0 Å². The maximum atomic E-state index is 12.5. The van der Waals surface area contributed by atoms with Crippen LogP contribution in [0.4, 0.5) is 0 Å². The van der Waals surface area contributed by atoms with Gasteiger partial charge in [-0.3, -0.25) is 0 Å². The van der Waals surface area contributed by atoms with Gasteiger partial charge in [0.2, 0.25) is 8.32 Å². The fourth-order valence-corrected chi connectivity index (χ4v) is 217. The lowest BCUT2D eigenvalue weighted by Gasteiger charge is -2.16. The molecule has 0 atom stereocenters. The van der Waals surface area contributed by atoms with E-state index in [1.165, 1.54) is 39.3 Å². The van der Waals surface area contributed by atoms with E-state index in [9.17, 15) is 80.3 Å². The molecule has 0 amide bonds. The van der Waals surface area contributed by atoms with Crippen molar-refractivity contribution in [3.63, 3.8) is 0 Å². The quantitative estimate of drug-likeness (QED) is 0.109. The zero-order chi connectivity index (χ0) is 36.1. The molecular formula is C11H38O19Si20. The van der Waals surface area contributed by atoms with E-state index >= 15 is 0 Å². The molecule has 0 aliphatic rings. The second-order valence-electron chi connectivity index (χ2n) is 10.3. The average molecular weight is 1040 g/mol. The smallest absolute Gasteiger partial charge is 0.532 e. The summed E-state index contributed by atoms with van der Waals surface area (Å²) in [5.74, 6) is 0. The van der Waals surface area contributed by atoms with Crippen LogP contribution in [0.5, 0.6) is 0 Å². The minimum atomic E-state index is -4.35. The summed E-state index contributed by atoms with van der Waals surface area (Å²) < 4.78 is 228. The molecule has 0 aliphatic carbocycles. The standard InChI is InChI=1S/C6H18O19Si20.5CH4/c1-44(2,3)25-26(7)27(8)28(9)29(10)30(11)31(12)32(13)33(14)34(15)35(16)36(17)37(18)38(19)39(20)40(21)41(22)42(23)43(24)45(4,5)6;;;;;/h1-6H3;5*1H4. The lowest BCUT2D eigenvalue weighted by atomic mass is 11.8. The van der Waals surface area contributed by atoms with Crippen LogP contribution >= 0.6 is 0 Å². The summed E-state index contributed by atoms with van der Waals surface area (Å²) in [5, 5.41) is 0. The third-order valence-electron chi connectivity index (χ3n) is 4.57. The van der Waals surface area contributed by atoms with Crippen LogP contribution in [0.15, 0.2) is 0 Å². The van der Waals surface area contributed by atoms with E-state index in [1.807, 2.05) is 0 Å². The average Bonchev–Trinajstić information content (AvgIpc) is 2.96. The fraction of sp³-hybridized carbons (Fsp3) is 1.00. The van der Waals surface area contributed by atoms with Crippen LogP contribution in [0.3, 0.4) is 0 Å². The van der Waals surface area contributed by atoms with Crippen LogP contribution in [0.2, 0.25) is 39.3 Å². The van der Waals surface area contributed by atoms with E-state index in [4.69, 9.17) is 4.12 Å². The molecule has 0 radical (unpaired) electrons. The lowest BCUT2D eigenvalue weighted by Crippen LogP contribution is -2.57. The Kier molecular flexibility index (Phi) is 32.0. The highest BCUT2D eigenvalue weighted by Crippen LogP contribution is 2.02. The Labute approximate surface area is 313 Å². The Morgan fingerprint density at radius 2 is 0.440 bits per heavy atom. The van der Waals surface area contributed by atoms with Crippen LogP contribution in [-0.4, -0.2) is 156 Å². The summed E-state index contributed by atoms with van der Waals surface area (Å²) in [6.45, 7) is 9.13. The summed E-state index contributed by atoms with van der Waals surface area (Å²) in [6.07, 6.45) is 0. The number of hydrogen-bond donors (Lipinski definition) is 0. The van der Waals surface area contributed by atoms with Gasteiger partial charge in [0.05, 0.1) is 0 Å². The molecule has 19 nitrogen and oxygen atoms in total. The zero-order valence-electron chi connectivity index (χ0n) is 23.8. The molecule has 0 aromatic heterocycles. The molecule has 50 heavy (non-hydrogen) atoms. The maximum Gasteiger partial charge on any atom is 0.532 e. The van der Waals surface area contributed by atoms with Gasteiger partial charge in [-0.25, -0.2) is 0 Å². The highest BCUT2D eigenvalue weighted by molar-refractivity contribution is 7.82. The van der Waals surface area contributed by atoms with Crippen molar-refractivity contribution in [3.8, 4) is 0 Å². The Balaban J connectivity index is -0.000000968. The molecule has 0 aromatic carbocycles. The molecule has 0 heterocycles. The van der Waals surface area contributed by atoms with Gasteiger partial charge >= 0.3 is 140 Å². The van der Waals surface area contributed by atoms with Gasteiger partial charge in [0, 0.05) is 0 Å².